The zero-order valence-corrected chi connectivity index (χ0v) is 16.4. The van der Waals surface area contributed by atoms with Crippen molar-refractivity contribution in [3.05, 3.63) is 55.4 Å². The Morgan fingerprint density at radius 2 is 2.12 bits per heavy atom. The lowest BCUT2D eigenvalue weighted by Crippen LogP contribution is -2.24. The molecule has 2 aromatic carbocycles. The Balaban J connectivity index is 1.91. The number of hydrazone groups is 1. The quantitative estimate of drug-likeness (QED) is 0.496. The van der Waals surface area contributed by atoms with Crippen molar-refractivity contribution in [2.24, 2.45) is 5.10 Å². The van der Waals surface area contributed by atoms with Gasteiger partial charge in [0.2, 0.25) is 0 Å². The summed E-state index contributed by atoms with van der Waals surface area (Å²) in [6.45, 7) is 1.56. The first kappa shape index (κ1) is 18.8. The van der Waals surface area contributed by atoms with Crippen molar-refractivity contribution in [3.8, 4) is 11.5 Å². The van der Waals surface area contributed by atoms with Crippen LogP contribution in [0.1, 0.15) is 11.1 Å². The lowest BCUT2D eigenvalue weighted by Gasteiger charge is -2.07. The topological polar surface area (TPSA) is 70.9 Å². The Morgan fingerprint density at radius 3 is 2.83 bits per heavy atom. The zero-order valence-electron chi connectivity index (χ0n) is 12.5. The van der Waals surface area contributed by atoms with E-state index in [-0.39, 0.29) is 12.4 Å². The van der Waals surface area contributed by atoms with Gasteiger partial charge in [0.15, 0.2) is 6.61 Å². The number of nitrogens with zero attached hydrogens (tertiary/aromatic N) is 1. The Kier molecular flexibility index (Phi) is 6.65. The molecule has 1 amide bonds. The third-order valence-corrected chi connectivity index (χ3v) is 4.25. The van der Waals surface area contributed by atoms with Gasteiger partial charge in [-0.1, -0.05) is 27.5 Å². The van der Waals surface area contributed by atoms with E-state index in [4.69, 9.17) is 16.3 Å². The van der Waals surface area contributed by atoms with Crippen LogP contribution in [0.25, 0.3) is 0 Å². The number of phenolic OH excluding ortho intramolecular Hbond substituents is 1. The molecule has 0 aliphatic rings. The average molecular weight is 477 g/mol. The van der Waals surface area contributed by atoms with Crippen molar-refractivity contribution in [3.63, 3.8) is 0 Å². The number of benzene rings is 2. The van der Waals surface area contributed by atoms with Crippen molar-refractivity contribution < 1.29 is 14.6 Å². The number of carbonyl (C=O) groups excluding carboxylic acids is 1. The fourth-order valence-corrected chi connectivity index (χ4v) is 3.19. The van der Waals surface area contributed by atoms with Gasteiger partial charge in [0.25, 0.3) is 5.91 Å². The number of nitrogens with one attached hydrogen (secondary N) is 1. The molecule has 0 saturated carbocycles. The molecule has 2 aromatic rings. The molecule has 0 atom stereocenters. The lowest BCUT2D eigenvalue weighted by atomic mass is 10.1. The van der Waals surface area contributed by atoms with Crippen molar-refractivity contribution in [1.29, 1.82) is 0 Å². The highest BCUT2D eigenvalue weighted by Gasteiger charge is 2.07. The zero-order chi connectivity index (χ0) is 17.7. The van der Waals surface area contributed by atoms with Crippen molar-refractivity contribution >= 4 is 55.6 Å². The summed E-state index contributed by atoms with van der Waals surface area (Å²) in [7, 11) is 0. The molecule has 0 spiro atoms. The SMILES string of the molecule is Cc1cc(Br)cc(/C=N\NC(=O)COc2ccc(Cl)cc2Br)c1O. The van der Waals surface area contributed by atoms with E-state index >= 15 is 0 Å². The van der Waals surface area contributed by atoms with Crippen LogP contribution in [0.5, 0.6) is 11.5 Å². The smallest absolute Gasteiger partial charge is 0.277 e. The van der Waals surface area contributed by atoms with E-state index in [2.05, 4.69) is 42.4 Å². The maximum absolute atomic E-state index is 11.7. The van der Waals surface area contributed by atoms with Gasteiger partial charge in [0.1, 0.15) is 11.5 Å². The first-order chi connectivity index (χ1) is 11.4. The predicted octanol–water partition coefficient (Wildman–Crippen LogP) is 4.41. The maximum Gasteiger partial charge on any atom is 0.277 e. The van der Waals surface area contributed by atoms with Crippen LogP contribution in [-0.2, 0) is 4.79 Å². The molecule has 0 radical (unpaired) electrons. The number of aryl methyl sites for hydroxylation is 1. The van der Waals surface area contributed by atoms with E-state index in [0.29, 0.717) is 26.4 Å². The number of phenols is 1. The van der Waals surface area contributed by atoms with Crippen molar-refractivity contribution in [2.45, 2.75) is 6.92 Å². The number of carbonyl (C=O) groups is 1. The lowest BCUT2D eigenvalue weighted by molar-refractivity contribution is -0.123. The van der Waals surface area contributed by atoms with Crippen LogP contribution in [0.3, 0.4) is 0 Å². The summed E-state index contributed by atoms with van der Waals surface area (Å²) in [5.41, 5.74) is 3.53. The van der Waals surface area contributed by atoms with E-state index in [1.165, 1.54) is 6.21 Å². The molecule has 0 bridgehead atoms. The predicted molar refractivity (Wildman–Crippen MR) is 101 cm³/mol. The van der Waals surface area contributed by atoms with Gasteiger partial charge in [0, 0.05) is 15.1 Å². The number of amides is 1. The van der Waals surface area contributed by atoms with Gasteiger partial charge in [-0.25, -0.2) is 5.43 Å². The molecule has 24 heavy (non-hydrogen) atoms. The Morgan fingerprint density at radius 1 is 1.38 bits per heavy atom. The van der Waals surface area contributed by atoms with Crippen LogP contribution in [0.15, 0.2) is 44.4 Å². The maximum atomic E-state index is 11.7. The second-order valence-corrected chi connectivity index (χ2v) is 7.02. The second-order valence-electron chi connectivity index (χ2n) is 4.82. The molecular formula is C16H13Br2ClN2O3. The molecule has 0 heterocycles. The van der Waals surface area contributed by atoms with E-state index in [1.54, 1.807) is 37.3 Å². The number of ether oxygens (including phenoxy) is 1. The van der Waals surface area contributed by atoms with Gasteiger partial charge in [-0.15, -0.1) is 0 Å². The summed E-state index contributed by atoms with van der Waals surface area (Å²) in [6, 6.07) is 8.47. The average Bonchev–Trinajstić information content (AvgIpc) is 2.51. The third kappa shape index (κ3) is 5.22. The number of halogens is 3. The minimum Gasteiger partial charge on any atom is -0.507 e. The minimum absolute atomic E-state index is 0.109. The molecule has 0 unspecified atom stereocenters. The summed E-state index contributed by atoms with van der Waals surface area (Å²) in [6.07, 6.45) is 1.36. The van der Waals surface area contributed by atoms with E-state index in [9.17, 15) is 9.90 Å². The normalized spacial score (nSPS) is 10.8. The van der Waals surface area contributed by atoms with Crippen LogP contribution in [-0.4, -0.2) is 23.8 Å². The standard InChI is InChI=1S/C16H13Br2ClN2O3/c1-9-4-11(17)5-10(16(9)23)7-20-21-15(22)8-24-14-3-2-12(19)6-13(14)18/h2-7,23H,8H2,1H3,(H,21,22)/b20-7-. The highest BCUT2D eigenvalue weighted by Crippen LogP contribution is 2.28. The summed E-state index contributed by atoms with van der Waals surface area (Å²) in [5, 5.41) is 14.3. The van der Waals surface area contributed by atoms with E-state index in [1.807, 2.05) is 0 Å². The Bertz CT molecular complexity index is 797. The summed E-state index contributed by atoms with van der Waals surface area (Å²) in [5.74, 6) is 0.177. The summed E-state index contributed by atoms with van der Waals surface area (Å²) < 4.78 is 6.83. The fraction of sp³-hybridized carbons (Fsp3) is 0.125. The minimum atomic E-state index is -0.431. The molecule has 0 fully saturated rings. The molecule has 2 rings (SSSR count). The van der Waals surface area contributed by atoms with Gasteiger partial charge in [-0.3, -0.25) is 4.79 Å². The molecule has 0 aliphatic heterocycles. The van der Waals surface area contributed by atoms with Gasteiger partial charge in [0.05, 0.1) is 10.7 Å². The van der Waals surface area contributed by atoms with Crippen LogP contribution < -0.4 is 10.2 Å². The van der Waals surface area contributed by atoms with Crippen LogP contribution >= 0.6 is 43.5 Å². The van der Waals surface area contributed by atoms with Crippen molar-refractivity contribution in [1.82, 2.24) is 5.43 Å². The van der Waals surface area contributed by atoms with Crippen LogP contribution in [0, 0.1) is 6.92 Å². The van der Waals surface area contributed by atoms with E-state index in [0.717, 1.165) is 4.47 Å². The Labute approximate surface area is 160 Å². The summed E-state index contributed by atoms with van der Waals surface area (Å²) in [4.78, 5) is 11.7. The van der Waals surface area contributed by atoms with Crippen LogP contribution in [0.4, 0.5) is 0 Å². The van der Waals surface area contributed by atoms with Crippen LogP contribution in [0.2, 0.25) is 5.02 Å². The highest BCUT2D eigenvalue weighted by molar-refractivity contribution is 9.10. The summed E-state index contributed by atoms with van der Waals surface area (Å²) >= 11 is 12.5. The molecular weight excluding hydrogens is 463 g/mol. The van der Waals surface area contributed by atoms with Crippen molar-refractivity contribution in [2.75, 3.05) is 6.61 Å². The molecule has 0 aromatic heterocycles. The highest BCUT2D eigenvalue weighted by atomic mass is 79.9. The number of hydrogen-bond donors (Lipinski definition) is 2. The molecule has 5 nitrogen and oxygen atoms in total. The van der Waals surface area contributed by atoms with E-state index < -0.39 is 5.91 Å². The largest absolute Gasteiger partial charge is 0.507 e. The third-order valence-electron chi connectivity index (χ3n) is 2.94. The molecule has 2 N–H and O–H groups in total. The number of hydrogen-bond acceptors (Lipinski definition) is 4. The molecule has 0 saturated heterocycles. The fourth-order valence-electron chi connectivity index (χ4n) is 1.80. The number of rotatable bonds is 5. The first-order valence-electron chi connectivity index (χ1n) is 6.75. The first-order valence-corrected chi connectivity index (χ1v) is 8.72. The molecule has 0 aliphatic carbocycles. The van der Waals surface area contributed by atoms with Gasteiger partial charge < -0.3 is 9.84 Å². The number of aromatic hydroxyl groups is 1. The molecule has 8 heteroatoms. The van der Waals surface area contributed by atoms with Gasteiger partial charge in [-0.05, 0) is 58.7 Å². The monoisotopic (exact) mass is 474 g/mol. The van der Waals surface area contributed by atoms with Gasteiger partial charge >= 0.3 is 0 Å². The Hall–Kier alpha value is -1.57. The van der Waals surface area contributed by atoms with Gasteiger partial charge in [-0.2, -0.15) is 5.10 Å². The second kappa shape index (κ2) is 8.50. The molecule has 126 valence electrons.